The molecule has 1 aromatic carbocycles. The number of nitrogens with zero attached hydrogens (tertiary/aromatic N) is 2. The number of carbonyl (C=O) groups excluding carboxylic acids is 1. The molecule has 0 bridgehead atoms. The van der Waals surface area contributed by atoms with Crippen LogP contribution in [-0.4, -0.2) is 29.5 Å². The molecule has 0 fully saturated rings. The van der Waals surface area contributed by atoms with Crippen molar-refractivity contribution in [1.82, 2.24) is 9.88 Å². The van der Waals surface area contributed by atoms with Gasteiger partial charge in [0.2, 0.25) is 0 Å². The van der Waals surface area contributed by atoms with Gasteiger partial charge in [-0.15, -0.1) is 11.3 Å². The number of hydrogen-bond acceptors (Lipinski definition) is 4. The molecule has 0 saturated heterocycles. The Labute approximate surface area is 125 Å². The summed E-state index contributed by atoms with van der Waals surface area (Å²) in [5, 5.41) is 5.86. The molecular weight excluding hydrogens is 291 g/mol. The Hall–Kier alpha value is -1.99. The number of urea groups is 1. The largest absolute Gasteiger partial charge is 0.325 e. The molecule has 0 saturated carbocycles. The Morgan fingerprint density at radius 2 is 2.29 bits per heavy atom. The molecule has 0 aliphatic carbocycles. The number of benzene rings is 1. The first-order chi connectivity index (χ1) is 10.1. The van der Waals surface area contributed by atoms with Crippen LogP contribution in [0.25, 0.3) is 0 Å². The van der Waals surface area contributed by atoms with Crippen molar-refractivity contribution in [3.63, 3.8) is 0 Å². The fourth-order valence-corrected chi connectivity index (χ4v) is 3.29. The van der Waals surface area contributed by atoms with E-state index in [2.05, 4.69) is 27.6 Å². The zero-order chi connectivity index (χ0) is 14.8. The number of amides is 2. The zero-order valence-corrected chi connectivity index (χ0v) is 12.3. The van der Waals surface area contributed by atoms with Gasteiger partial charge in [-0.1, -0.05) is 6.07 Å². The molecule has 0 unspecified atom stereocenters. The van der Waals surface area contributed by atoms with Crippen LogP contribution in [0.4, 0.5) is 20.0 Å². The molecule has 0 radical (unpaired) electrons. The zero-order valence-electron chi connectivity index (χ0n) is 11.5. The quantitative estimate of drug-likeness (QED) is 0.897. The summed E-state index contributed by atoms with van der Waals surface area (Å²) in [7, 11) is 2.06. The molecule has 1 aromatic heterocycles. The Balaban J connectivity index is 1.65. The molecule has 2 amide bonds. The molecule has 110 valence electrons. The number of fused-ring (bicyclic) bond motifs is 1. The summed E-state index contributed by atoms with van der Waals surface area (Å²) in [6.45, 7) is 1.84. The number of carbonyl (C=O) groups is 1. The van der Waals surface area contributed by atoms with Gasteiger partial charge in [0, 0.05) is 30.1 Å². The van der Waals surface area contributed by atoms with Gasteiger partial charge in [-0.05, 0) is 25.2 Å². The molecule has 2 N–H and O–H groups in total. The van der Waals surface area contributed by atoms with Gasteiger partial charge >= 0.3 is 6.03 Å². The van der Waals surface area contributed by atoms with Crippen LogP contribution in [0.5, 0.6) is 0 Å². The van der Waals surface area contributed by atoms with Crippen LogP contribution < -0.4 is 10.6 Å². The average Bonchev–Trinajstić information content (AvgIpc) is 2.79. The van der Waals surface area contributed by atoms with E-state index >= 15 is 0 Å². The molecule has 2 aromatic rings. The van der Waals surface area contributed by atoms with Crippen LogP contribution in [0.2, 0.25) is 0 Å². The fraction of sp³-hybridized carbons (Fsp3) is 0.286. The Bertz CT molecular complexity index is 673. The summed E-state index contributed by atoms with van der Waals surface area (Å²) in [6.07, 6.45) is 0.898. The fourth-order valence-electron chi connectivity index (χ4n) is 2.20. The van der Waals surface area contributed by atoms with E-state index in [1.165, 1.54) is 28.3 Å². The van der Waals surface area contributed by atoms with Crippen molar-refractivity contribution in [2.24, 2.45) is 0 Å². The lowest BCUT2D eigenvalue weighted by Crippen LogP contribution is -2.25. The number of thiazole rings is 1. The first-order valence-electron chi connectivity index (χ1n) is 6.61. The molecule has 5 nitrogen and oxygen atoms in total. The van der Waals surface area contributed by atoms with Gasteiger partial charge in [-0.3, -0.25) is 5.32 Å². The topological polar surface area (TPSA) is 57.3 Å². The van der Waals surface area contributed by atoms with Crippen LogP contribution in [0.3, 0.4) is 0 Å². The Kier molecular flexibility index (Phi) is 3.85. The monoisotopic (exact) mass is 306 g/mol. The minimum absolute atomic E-state index is 0.388. The highest BCUT2D eigenvalue weighted by molar-refractivity contribution is 7.15. The first-order valence-corrected chi connectivity index (χ1v) is 7.42. The molecule has 21 heavy (non-hydrogen) atoms. The molecule has 1 aliphatic heterocycles. The maximum atomic E-state index is 13.0. The van der Waals surface area contributed by atoms with Gasteiger partial charge in [0.15, 0.2) is 5.13 Å². The van der Waals surface area contributed by atoms with E-state index in [1.54, 1.807) is 12.1 Å². The summed E-state index contributed by atoms with van der Waals surface area (Å²) in [5.74, 6) is -0.388. The summed E-state index contributed by atoms with van der Waals surface area (Å²) in [6, 6.07) is 5.35. The van der Waals surface area contributed by atoms with Crippen molar-refractivity contribution >= 4 is 28.2 Å². The maximum Gasteiger partial charge on any atom is 0.325 e. The van der Waals surface area contributed by atoms with Crippen LogP contribution in [-0.2, 0) is 13.0 Å². The summed E-state index contributed by atoms with van der Waals surface area (Å²) in [4.78, 5) is 19.7. The third kappa shape index (κ3) is 3.37. The van der Waals surface area contributed by atoms with E-state index in [1.807, 2.05) is 0 Å². The third-order valence-electron chi connectivity index (χ3n) is 3.23. The molecule has 0 spiro atoms. The predicted molar refractivity (Wildman–Crippen MR) is 81.2 cm³/mol. The highest BCUT2D eigenvalue weighted by atomic mass is 32.1. The van der Waals surface area contributed by atoms with Gasteiger partial charge in [0.05, 0.1) is 5.69 Å². The van der Waals surface area contributed by atoms with E-state index in [0.717, 1.165) is 25.2 Å². The van der Waals surface area contributed by atoms with E-state index in [0.29, 0.717) is 10.8 Å². The predicted octanol–water partition coefficient (Wildman–Crippen LogP) is 2.91. The minimum Gasteiger partial charge on any atom is -0.308 e. The molecule has 0 atom stereocenters. The van der Waals surface area contributed by atoms with E-state index in [-0.39, 0.29) is 5.82 Å². The van der Waals surface area contributed by atoms with Crippen molar-refractivity contribution in [2.75, 3.05) is 24.2 Å². The van der Waals surface area contributed by atoms with E-state index in [9.17, 15) is 9.18 Å². The number of nitrogens with one attached hydrogen (secondary N) is 2. The second-order valence-electron chi connectivity index (χ2n) is 4.97. The Morgan fingerprint density at radius 1 is 1.43 bits per heavy atom. The second kappa shape index (κ2) is 5.79. The van der Waals surface area contributed by atoms with Crippen LogP contribution in [0.15, 0.2) is 24.3 Å². The van der Waals surface area contributed by atoms with Gasteiger partial charge in [0.25, 0.3) is 0 Å². The van der Waals surface area contributed by atoms with Crippen molar-refractivity contribution < 1.29 is 9.18 Å². The highest BCUT2D eigenvalue weighted by Crippen LogP contribution is 2.27. The number of rotatable bonds is 2. The number of hydrogen-bond donors (Lipinski definition) is 2. The molecule has 7 heteroatoms. The average molecular weight is 306 g/mol. The van der Waals surface area contributed by atoms with Crippen molar-refractivity contribution in [3.8, 4) is 0 Å². The van der Waals surface area contributed by atoms with Gasteiger partial charge in [0.1, 0.15) is 5.82 Å². The summed E-state index contributed by atoms with van der Waals surface area (Å²) < 4.78 is 13.0. The van der Waals surface area contributed by atoms with Crippen molar-refractivity contribution in [2.45, 2.75) is 13.0 Å². The molecule has 1 aliphatic rings. The Morgan fingerprint density at radius 3 is 3.10 bits per heavy atom. The van der Waals surface area contributed by atoms with Crippen molar-refractivity contribution in [1.29, 1.82) is 0 Å². The van der Waals surface area contributed by atoms with Crippen LogP contribution >= 0.6 is 11.3 Å². The second-order valence-corrected chi connectivity index (χ2v) is 6.05. The lowest BCUT2D eigenvalue weighted by atomic mass is 10.2. The molecular formula is C14H15FN4OS. The first kappa shape index (κ1) is 14.0. The number of aromatic nitrogens is 1. The van der Waals surface area contributed by atoms with Crippen LogP contribution in [0, 0.1) is 5.82 Å². The van der Waals surface area contributed by atoms with E-state index < -0.39 is 6.03 Å². The highest BCUT2D eigenvalue weighted by Gasteiger charge is 2.19. The van der Waals surface area contributed by atoms with Gasteiger partial charge in [-0.25, -0.2) is 14.2 Å². The number of anilines is 2. The smallest absolute Gasteiger partial charge is 0.308 e. The van der Waals surface area contributed by atoms with Crippen molar-refractivity contribution in [3.05, 3.63) is 40.7 Å². The molecule has 2 heterocycles. The maximum absolute atomic E-state index is 13.0. The normalized spacial score (nSPS) is 14.6. The van der Waals surface area contributed by atoms with Gasteiger partial charge < -0.3 is 10.2 Å². The van der Waals surface area contributed by atoms with Crippen LogP contribution in [0.1, 0.15) is 10.6 Å². The number of likely N-dealkylation sites (N-methyl/N-ethyl adjacent to an activating group) is 1. The SMILES string of the molecule is CN1CCc2nc(NC(=O)Nc3cccc(F)c3)sc2C1. The standard InChI is InChI=1S/C14H15FN4OS/c1-19-6-5-11-12(8-19)21-14(17-11)18-13(20)16-10-4-2-3-9(15)7-10/h2-4,7H,5-6,8H2,1H3,(H2,16,17,18,20). The number of halogens is 1. The lowest BCUT2D eigenvalue weighted by Gasteiger charge is -2.20. The molecule has 3 rings (SSSR count). The summed E-state index contributed by atoms with van der Waals surface area (Å²) in [5.41, 5.74) is 1.47. The third-order valence-corrected chi connectivity index (χ3v) is 4.22. The lowest BCUT2D eigenvalue weighted by molar-refractivity contribution is 0.262. The van der Waals surface area contributed by atoms with Gasteiger partial charge in [-0.2, -0.15) is 0 Å². The van der Waals surface area contributed by atoms with E-state index in [4.69, 9.17) is 0 Å². The summed E-state index contributed by atoms with van der Waals surface area (Å²) >= 11 is 1.48. The minimum atomic E-state index is -0.417.